The van der Waals surface area contributed by atoms with Crippen LogP contribution >= 0.6 is 27.7 Å². The second-order valence-electron chi connectivity index (χ2n) is 3.98. The molecule has 1 atom stereocenters. The Morgan fingerprint density at radius 3 is 2.78 bits per heavy atom. The Hall–Kier alpha value is -0.850. The van der Waals surface area contributed by atoms with E-state index in [1.54, 1.807) is 23.5 Å². The molecule has 0 saturated carbocycles. The summed E-state index contributed by atoms with van der Waals surface area (Å²) in [7, 11) is 1.77. The van der Waals surface area contributed by atoms with Crippen LogP contribution in [0.5, 0.6) is 0 Å². The first-order valence-electron chi connectivity index (χ1n) is 5.51. The molecule has 0 fully saturated rings. The van der Waals surface area contributed by atoms with Crippen molar-refractivity contribution in [2.75, 3.05) is 5.75 Å². The maximum absolute atomic E-state index is 10.2. The van der Waals surface area contributed by atoms with Crippen molar-refractivity contribution in [3.63, 3.8) is 0 Å². The van der Waals surface area contributed by atoms with Gasteiger partial charge >= 0.3 is 0 Å². The van der Waals surface area contributed by atoms with E-state index < -0.39 is 6.10 Å². The van der Waals surface area contributed by atoms with Crippen LogP contribution in [0, 0.1) is 6.92 Å². The Kier molecular flexibility index (Phi) is 4.42. The molecule has 0 aliphatic rings. The highest BCUT2D eigenvalue weighted by atomic mass is 79.9. The van der Waals surface area contributed by atoms with Gasteiger partial charge in [-0.2, -0.15) is 0 Å². The summed E-state index contributed by atoms with van der Waals surface area (Å²) in [6.07, 6.45) is -0.594. The van der Waals surface area contributed by atoms with Crippen LogP contribution in [-0.4, -0.2) is 25.9 Å². The van der Waals surface area contributed by atoms with Crippen molar-refractivity contribution in [1.29, 1.82) is 0 Å². The molecule has 0 bridgehead atoms. The van der Waals surface area contributed by atoms with Gasteiger partial charge in [0, 0.05) is 17.7 Å². The molecule has 0 aliphatic heterocycles. The van der Waals surface area contributed by atoms with Gasteiger partial charge in [0.25, 0.3) is 0 Å². The van der Waals surface area contributed by atoms with Gasteiger partial charge in [-0.05, 0) is 34.5 Å². The minimum absolute atomic E-state index is 0.574. The summed E-state index contributed by atoms with van der Waals surface area (Å²) >= 11 is 4.93. The zero-order valence-corrected chi connectivity index (χ0v) is 12.6. The molecule has 2 rings (SSSR count). The quantitative estimate of drug-likeness (QED) is 0.877. The van der Waals surface area contributed by atoms with Crippen molar-refractivity contribution in [2.45, 2.75) is 17.9 Å². The van der Waals surface area contributed by atoms with Crippen LogP contribution < -0.4 is 0 Å². The van der Waals surface area contributed by atoms with E-state index in [1.165, 1.54) is 10.5 Å². The van der Waals surface area contributed by atoms with Crippen molar-refractivity contribution >= 4 is 27.7 Å². The number of halogens is 1. The molecule has 1 heterocycles. The molecule has 96 valence electrons. The highest BCUT2D eigenvalue weighted by Gasteiger charge is 2.18. The third kappa shape index (κ3) is 2.93. The van der Waals surface area contributed by atoms with Gasteiger partial charge in [-0.25, -0.2) is 4.68 Å². The fourth-order valence-corrected chi connectivity index (χ4v) is 3.22. The summed E-state index contributed by atoms with van der Waals surface area (Å²) in [5.74, 6) is 0.574. The number of aryl methyl sites for hydroxylation is 2. The van der Waals surface area contributed by atoms with E-state index in [-0.39, 0.29) is 0 Å². The van der Waals surface area contributed by atoms with Crippen LogP contribution in [0.25, 0.3) is 0 Å². The maximum Gasteiger partial charge on any atom is 0.154 e. The number of aliphatic hydroxyl groups is 1. The molecule has 18 heavy (non-hydrogen) atoms. The topological polar surface area (TPSA) is 50.9 Å². The van der Waals surface area contributed by atoms with Crippen molar-refractivity contribution in [1.82, 2.24) is 15.0 Å². The van der Waals surface area contributed by atoms with Gasteiger partial charge in [0.05, 0.1) is 0 Å². The molecule has 1 aromatic carbocycles. The summed E-state index contributed by atoms with van der Waals surface area (Å²) in [5.41, 5.74) is 1.92. The van der Waals surface area contributed by atoms with E-state index in [1.807, 2.05) is 12.1 Å². The monoisotopic (exact) mass is 327 g/mol. The van der Waals surface area contributed by atoms with Crippen LogP contribution in [-0.2, 0) is 7.05 Å². The normalized spacial score (nSPS) is 12.7. The second-order valence-corrected chi connectivity index (χ2v) is 5.79. The fraction of sp³-hybridized carbons (Fsp3) is 0.333. The zero-order chi connectivity index (χ0) is 13.1. The van der Waals surface area contributed by atoms with Crippen LogP contribution in [0.15, 0.2) is 33.8 Å². The molecule has 0 amide bonds. The van der Waals surface area contributed by atoms with E-state index >= 15 is 0 Å². The number of hydrogen-bond acceptors (Lipinski definition) is 4. The van der Waals surface area contributed by atoms with Crippen LogP contribution in [0.2, 0.25) is 0 Å². The minimum Gasteiger partial charge on any atom is -0.386 e. The fourth-order valence-electron chi connectivity index (χ4n) is 1.66. The Morgan fingerprint density at radius 2 is 2.17 bits per heavy atom. The molecular weight excluding hydrogens is 314 g/mol. The second kappa shape index (κ2) is 5.86. The smallest absolute Gasteiger partial charge is 0.154 e. The highest BCUT2D eigenvalue weighted by molar-refractivity contribution is 9.10. The predicted molar refractivity (Wildman–Crippen MR) is 75.6 cm³/mol. The summed E-state index contributed by atoms with van der Waals surface area (Å²) in [4.78, 5) is 1.18. The van der Waals surface area contributed by atoms with Crippen molar-refractivity contribution in [3.05, 3.63) is 40.1 Å². The van der Waals surface area contributed by atoms with E-state index in [0.29, 0.717) is 16.0 Å². The molecule has 0 radical (unpaired) electrons. The van der Waals surface area contributed by atoms with Crippen molar-refractivity contribution in [3.8, 4) is 0 Å². The molecule has 2 aromatic rings. The molecule has 0 spiro atoms. The van der Waals surface area contributed by atoms with Crippen molar-refractivity contribution < 1.29 is 5.11 Å². The van der Waals surface area contributed by atoms with Crippen LogP contribution in [0.3, 0.4) is 0 Å². The van der Waals surface area contributed by atoms with Crippen LogP contribution in [0.4, 0.5) is 0 Å². The molecule has 0 aliphatic carbocycles. The Bertz CT molecular complexity index is 524. The lowest BCUT2D eigenvalue weighted by molar-refractivity contribution is 0.193. The number of aliphatic hydroxyl groups excluding tert-OH is 1. The van der Waals surface area contributed by atoms with E-state index in [4.69, 9.17) is 0 Å². The van der Waals surface area contributed by atoms with E-state index in [0.717, 1.165) is 0 Å². The van der Waals surface area contributed by atoms with Gasteiger partial charge in [-0.1, -0.05) is 23.4 Å². The number of benzene rings is 1. The van der Waals surface area contributed by atoms with Gasteiger partial charge in [-0.3, -0.25) is 0 Å². The molecule has 0 saturated heterocycles. The standard InChI is InChI=1S/C12H14BrN3OS/c1-8-5-3-4-6-10(8)18-7-9(17)11-12(13)14-15-16(11)2/h3-6,9,17H,7H2,1-2H3. The first-order chi connectivity index (χ1) is 8.59. The number of hydrogen-bond donors (Lipinski definition) is 1. The molecule has 1 unspecified atom stereocenters. The summed E-state index contributed by atoms with van der Waals surface area (Å²) in [6, 6.07) is 8.14. The summed E-state index contributed by atoms with van der Waals surface area (Å²) < 4.78 is 2.19. The lowest BCUT2D eigenvalue weighted by Gasteiger charge is -2.11. The Labute approximate surface area is 119 Å². The van der Waals surface area contributed by atoms with Gasteiger partial charge < -0.3 is 5.11 Å². The zero-order valence-electron chi connectivity index (χ0n) is 10.2. The average molecular weight is 328 g/mol. The van der Waals surface area contributed by atoms with E-state index in [2.05, 4.69) is 45.3 Å². The van der Waals surface area contributed by atoms with E-state index in [9.17, 15) is 5.11 Å². The van der Waals surface area contributed by atoms with Gasteiger partial charge in [0.15, 0.2) is 4.60 Å². The summed E-state index contributed by atoms with van der Waals surface area (Å²) in [6.45, 7) is 2.07. The molecular formula is C12H14BrN3OS. The largest absolute Gasteiger partial charge is 0.386 e. The number of thioether (sulfide) groups is 1. The number of nitrogens with zero attached hydrogens (tertiary/aromatic N) is 3. The Balaban J connectivity index is 2.05. The average Bonchev–Trinajstić information content (AvgIpc) is 2.68. The molecule has 1 N–H and O–H groups in total. The predicted octanol–water partition coefficient (Wildman–Crippen LogP) is 2.71. The SMILES string of the molecule is Cc1ccccc1SCC(O)c1c(Br)nnn1C. The minimum atomic E-state index is -0.594. The third-order valence-electron chi connectivity index (χ3n) is 2.63. The number of aromatic nitrogens is 3. The first-order valence-corrected chi connectivity index (χ1v) is 7.29. The maximum atomic E-state index is 10.2. The number of rotatable bonds is 4. The summed E-state index contributed by atoms with van der Waals surface area (Å²) in [5, 5.41) is 17.9. The van der Waals surface area contributed by atoms with Crippen LogP contribution in [0.1, 0.15) is 17.4 Å². The van der Waals surface area contributed by atoms with Crippen molar-refractivity contribution in [2.24, 2.45) is 7.05 Å². The van der Waals surface area contributed by atoms with Gasteiger partial charge in [0.2, 0.25) is 0 Å². The van der Waals surface area contributed by atoms with Gasteiger partial charge in [0.1, 0.15) is 11.8 Å². The molecule has 4 nitrogen and oxygen atoms in total. The lowest BCUT2D eigenvalue weighted by Crippen LogP contribution is -2.08. The third-order valence-corrected chi connectivity index (χ3v) is 4.45. The molecule has 6 heteroatoms. The molecule has 1 aromatic heterocycles. The highest BCUT2D eigenvalue weighted by Crippen LogP contribution is 2.29. The first kappa shape index (κ1) is 13.6. The lowest BCUT2D eigenvalue weighted by atomic mass is 10.2. The van der Waals surface area contributed by atoms with Gasteiger partial charge in [-0.15, -0.1) is 16.9 Å². The Morgan fingerprint density at radius 1 is 1.44 bits per heavy atom.